The summed E-state index contributed by atoms with van der Waals surface area (Å²) < 4.78 is 0. The minimum atomic E-state index is 0.250. The normalized spacial score (nSPS) is 8.38. The van der Waals surface area contributed by atoms with Gasteiger partial charge in [0.1, 0.15) is 0 Å². The van der Waals surface area contributed by atoms with Crippen molar-refractivity contribution in [2.75, 3.05) is 0 Å². The number of hydrogen-bond donors (Lipinski definition) is 1. The van der Waals surface area contributed by atoms with Crippen molar-refractivity contribution in [2.24, 2.45) is 5.73 Å². The Labute approximate surface area is 79.8 Å². The number of nitrogens with two attached hydrogens (primary N) is 1. The van der Waals surface area contributed by atoms with Crippen molar-refractivity contribution in [3.8, 4) is 0 Å². The molecule has 72 valence electrons. The van der Waals surface area contributed by atoms with E-state index in [0.717, 1.165) is 0 Å². The van der Waals surface area contributed by atoms with E-state index >= 15 is 0 Å². The van der Waals surface area contributed by atoms with Gasteiger partial charge in [-0.2, -0.15) is 0 Å². The molecule has 0 fully saturated rings. The predicted molar refractivity (Wildman–Crippen MR) is 55.3 cm³/mol. The van der Waals surface area contributed by atoms with Crippen LogP contribution in [-0.4, -0.2) is 6.41 Å². The van der Waals surface area contributed by atoms with Gasteiger partial charge in [-0.3, -0.25) is 4.79 Å². The fourth-order valence-electron chi connectivity index (χ4n) is 1.03. The summed E-state index contributed by atoms with van der Waals surface area (Å²) in [6.07, 6.45) is 4.08. The van der Waals surface area contributed by atoms with Crippen molar-refractivity contribution >= 4 is 6.41 Å². The lowest BCUT2D eigenvalue weighted by Gasteiger charge is -1.96. The molecule has 0 aliphatic rings. The van der Waals surface area contributed by atoms with Crippen molar-refractivity contribution in [2.45, 2.75) is 26.2 Å². The van der Waals surface area contributed by atoms with Crippen LogP contribution in [0.25, 0.3) is 0 Å². The minimum Gasteiger partial charge on any atom is -0.372 e. The number of carbonyl (C=O) groups is 1. The summed E-state index contributed by atoms with van der Waals surface area (Å²) >= 11 is 0. The maximum absolute atomic E-state index is 8.58. The molecule has 1 aromatic carbocycles. The summed E-state index contributed by atoms with van der Waals surface area (Å²) in [5.41, 5.74) is 5.63. The number of benzene rings is 1. The maximum Gasteiger partial charge on any atom is 0.204 e. The summed E-state index contributed by atoms with van der Waals surface area (Å²) in [4.78, 5) is 8.58. The van der Waals surface area contributed by atoms with Gasteiger partial charge in [0.25, 0.3) is 0 Å². The maximum atomic E-state index is 8.58. The first-order valence-corrected chi connectivity index (χ1v) is 4.54. The highest BCUT2D eigenvalue weighted by atomic mass is 16.1. The third kappa shape index (κ3) is 7.06. The molecule has 0 aromatic heterocycles. The van der Waals surface area contributed by atoms with Gasteiger partial charge in [0, 0.05) is 0 Å². The zero-order valence-corrected chi connectivity index (χ0v) is 8.07. The van der Waals surface area contributed by atoms with E-state index in [-0.39, 0.29) is 6.41 Å². The Kier molecular flexibility index (Phi) is 7.90. The van der Waals surface area contributed by atoms with Gasteiger partial charge in [0.15, 0.2) is 0 Å². The van der Waals surface area contributed by atoms with Crippen LogP contribution in [0.15, 0.2) is 30.3 Å². The van der Waals surface area contributed by atoms with Gasteiger partial charge >= 0.3 is 0 Å². The molecule has 1 rings (SSSR count). The Morgan fingerprint density at radius 3 is 2.31 bits per heavy atom. The van der Waals surface area contributed by atoms with Crippen LogP contribution in [0.4, 0.5) is 0 Å². The second-order valence-corrected chi connectivity index (χ2v) is 2.73. The SMILES string of the molecule is CCCCc1ccccc1.NC=O. The lowest BCUT2D eigenvalue weighted by molar-refractivity contribution is -0.106. The minimum absolute atomic E-state index is 0.250. The van der Waals surface area contributed by atoms with Crippen LogP contribution in [0.2, 0.25) is 0 Å². The van der Waals surface area contributed by atoms with Crippen molar-refractivity contribution in [1.29, 1.82) is 0 Å². The fourth-order valence-corrected chi connectivity index (χ4v) is 1.03. The van der Waals surface area contributed by atoms with E-state index in [4.69, 9.17) is 4.79 Å². The van der Waals surface area contributed by atoms with E-state index in [2.05, 4.69) is 43.0 Å². The Morgan fingerprint density at radius 1 is 1.31 bits per heavy atom. The Morgan fingerprint density at radius 2 is 1.85 bits per heavy atom. The van der Waals surface area contributed by atoms with E-state index < -0.39 is 0 Å². The van der Waals surface area contributed by atoms with E-state index in [1.165, 1.54) is 24.8 Å². The average molecular weight is 179 g/mol. The molecule has 0 heterocycles. The fraction of sp³-hybridized carbons (Fsp3) is 0.364. The first-order chi connectivity index (χ1) is 6.35. The zero-order valence-electron chi connectivity index (χ0n) is 8.07. The quantitative estimate of drug-likeness (QED) is 0.710. The predicted octanol–water partition coefficient (Wildman–Crippen LogP) is 2.13. The highest BCUT2D eigenvalue weighted by Gasteiger charge is 1.87. The van der Waals surface area contributed by atoms with Crippen LogP contribution in [0, 0.1) is 0 Å². The first kappa shape index (κ1) is 11.7. The second kappa shape index (κ2) is 8.78. The Bertz CT molecular complexity index is 209. The van der Waals surface area contributed by atoms with Crippen molar-refractivity contribution in [3.05, 3.63) is 35.9 Å². The molecule has 0 aliphatic carbocycles. The monoisotopic (exact) mass is 179 g/mol. The molecule has 1 aromatic rings. The molecule has 0 atom stereocenters. The van der Waals surface area contributed by atoms with Gasteiger partial charge in [0.05, 0.1) is 0 Å². The van der Waals surface area contributed by atoms with Crippen LogP contribution in [0.1, 0.15) is 25.3 Å². The van der Waals surface area contributed by atoms with Gasteiger partial charge in [0.2, 0.25) is 6.41 Å². The van der Waals surface area contributed by atoms with E-state index in [1.54, 1.807) is 0 Å². The number of hydrogen-bond acceptors (Lipinski definition) is 1. The molecule has 13 heavy (non-hydrogen) atoms. The van der Waals surface area contributed by atoms with Gasteiger partial charge in [-0.05, 0) is 18.4 Å². The van der Waals surface area contributed by atoms with Gasteiger partial charge in [-0.15, -0.1) is 0 Å². The molecule has 0 unspecified atom stereocenters. The molecule has 0 aliphatic heterocycles. The molecule has 0 saturated heterocycles. The molecule has 0 spiro atoms. The van der Waals surface area contributed by atoms with Crippen LogP contribution < -0.4 is 5.73 Å². The summed E-state index contributed by atoms with van der Waals surface area (Å²) in [5.74, 6) is 0. The molecule has 1 amide bonds. The highest BCUT2D eigenvalue weighted by molar-refractivity contribution is 5.42. The van der Waals surface area contributed by atoms with Gasteiger partial charge in [-0.1, -0.05) is 43.7 Å². The molecule has 2 N–H and O–H groups in total. The lowest BCUT2D eigenvalue weighted by Crippen LogP contribution is -1.82. The average Bonchev–Trinajstić information content (AvgIpc) is 2.18. The highest BCUT2D eigenvalue weighted by Crippen LogP contribution is 2.03. The van der Waals surface area contributed by atoms with Crippen molar-refractivity contribution in [3.63, 3.8) is 0 Å². The number of carbonyl (C=O) groups excluding carboxylic acids is 1. The standard InChI is InChI=1S/C10H14.CH3NO/c1-2-3-7-10-8-5-4-6-9-10;2-1-3/h4-6,8-9H,2-3,7H2,1H3;1H,(H2,2,3). The Hall–Kier alpha value is -1.31. The molecular weight excluding hydrogens is 162 g/mol. The number of unbranched alkanes of at least 4 members (excludes halogenated alkanes) is 1. The van der Waals surface area contributed by atoms with E-state index in [1.807, 2.05) is 0 Å². The third-order valence-corrected chi connectivity index (χ3v) is 1.66. The van der Waals surface area contributed by atoms with E-state index in [9.17, 15) is 0 Å². The third-order valence-electron chi connectivity index (χ3n) is 1.66. The first-order valence-electron chi connectivity index (χ1n) is 4.54. The summed E-state index contributed by atoms with van der Waals surface area (Å²) in [5, 5.41) is 0. The summed E-state index contributed by atoms with van der Waals surface area (Å²) in [6.45, 7) is 2.23. The lowest BCUT2D eigenvalue weighted by atomic mass is 10.1. The topological polar surface area (TPSA) is 43.1 Å². The molecule has 0 saturated carbocycles. The smallest absolute Gasteiger partial charge is 0.204 e. The second-order valence-electron chi connectivity index (χ2n) is 2.73. The number of amides is 1. The molecule has 0 bridgehead atoms. The van der Waals surface area contributed by atoms with E-state index in [0.29, 0.717) is 0 Å². The molecule has 2 nitrogen and oxygen atoms in total. The molecular formula is C11H17NO. The summed E-state index contributed by atoms with van der Waals surface area (Å²) in [7, 11) is 0. The zero-order chi connectivity index (χ0) is 9.94. The molecule has 0 radical (unpaired) electrons. The summed E-state index contributed by atoms with van der Waals surface area (Å²) in [6, 6.07) is 10.6. The molecule has 2 heteroatoms. The van der Waals surface area contributed by atoms with Crippen LogP contribution in [-0.2, 0) is 11.2 Å². The largest absolute Gasteiger partial charge is 0.372 e. The number of primary amides is 1. The van der Waals surface area contributed by atoms with Crippen molar-refractivity contribution in [1.82, 2.24) is 0 Å². The van der Waals surface area contributed by atoms with Crippen molar-refractivity contribution < 1.29 is 4.79 Å². The number of rotatable bonds is 3. The van der Waals surface area contributed by atoms with Gasteiger partial charge in [-0.25, -0.2) is 0 Å². The Balaban J connectivity index is 0.000000424. The van der Waals surface area contributed by atoms with Crippen LogP contribution in [0.3, 0.4) is 0 Å². The van der Waals surface area contributed by atoms with Crippen LogP contribution >= 0.6 is 0 Å². The van der Waals surface area contributed by atoms with Crippen LogP contribution in [0.5, 0.6) is 0 Å². The number of aryl methyl sites for hydroxylation is 1. The van der Waals surface area contributed by atoms with Gasteiger partial charge < -0.3 is 5.73 Å².